The van der Waals surface area contributed by atoms with Gasteiger partial charge in [-0.25, -0.2) is 4.89 Å². The number of carbonyl (C=O) groups excluding carboxylic acids is 1. The van der Waals surface area contributed by atoms with E-state index in [0.717, 1.165) is 55.8 Å². The van der Waals surface area contributed by atoms with Gasteiger partial charge in [0.2, 0.25) is 0 Å². The van der Waals surface area contributed by atoms with Crippen molar-refractivity contribution in [2.24, 2.45) is 46.3 Å². The topological polar surface area (TPSA) is 46.5 Å². The maximum Gasteiger partial charge on any atom is 0.155 e. The van der Waals surface area contributed by atoms with Gasteiger partial charge in [-0.05, 0) is 110 Å². The maximum atomic E-state index is 12.1. The number of hydrogen-bond acceptors (Lipinski definition) is 3. The van der Waals surface area contributed by atoms with E-state index in [1.54, 1.807) is 6.08 Å². The molecule has 3 heteroatoms. The fourth-order valence-electron chi connectivity index (χ4n) is 9.00. The summed E-state index contributed by atoms with van der Waals surface area (Å²) in [5.74, 6) is 4.34. The lowest BCUT2D eigenvalue weighted by Crippen LogP contribution is -2.51. The van der Waals surface area contributed by atoms with Crippen LogP contribution < -0.4 is 0 Å². The smallest absolute Gasteiger partial charge is 0.155 e. The van der Waals surface area contributed by atoms with Crippen molar-refractivity contribution in [2.45, 2.75) is 104 Å². The molecule has 0 amide bonds. The summed E-state index contributed by atoms with van der Waals surface area (Å²) in [4.78, 5) is 17.1. The van der Waals surface area contributed by atoms with E-state index in [0.29, 0.717) is 17.1 Å². The Kier molecular flexibility index (Phi) is 6.57. The number of carbonyl (C=O) groups is 1. The van der Waals surface area contributed by atoms with Gasteiger partial charge in [0.1, 0.15) is 5.60 Å². The fraction of sp³-hybridized carbons (Fsp3) is 0.828. The van der Waals surface area contributed by atoms with Crippen LogP contribution in [-0.4, -0.2) is 16.6 Å². The van der Waals surface area contributed by atoms with E-state index in [1.807, 2.05) is 6.08 Å². The normalized spacial score (nSPS) is 41.8. The Hall–Kier alpha value is -0.930. The predicted molar refractivity (Wildman–Crippen MR) is 130 cm³/mol. The lowest BCUT2D eigenvalue weighted by Gasteiger charge is -2.58. The SMILES string of the molecule is C=C[C@@](CC[C@@H](C)[C@H]1CC[C@H]2[C@@H]3CCC4=CC(=O)CC[C@]4(C)[C@H]3CC[C@]12C)(OO)C(C)C. The van der Waals surface area contributed by atoms with Gasteiger partial charge in [0.25, 0.3) is 0 Å². The monoisotopic (exact) mass is 442 g/mol. The molecule has 0 spiro atoms. The summed E-state index contributed by atoms with van der Waals surface area (Å²) < 4.78 is 0. The first-order chi connectivity index (χ1) is 15.1. The lowest BCUT2D eigenvalue weighted by molar-refractivity contribution is -0.321. The minimum absolute atomic E-state index is 0.201. The van der Waals surface area contributed by atoms with E-state index in [1.165, 1.54) is 37.7 Å². The zero-order valence-electron chi connectivity index (χ0n) is 21.2. The number of fused-ring (bicyclic) bond motifs is 5. The Labute approximate surface area is 196 Å². The molecule has 3 nitrogen and oxygen atoms in total. The number of ketones is 1. The summed E-state index contributed by atoms with van der Waals surface area (Å²) in [5, 5.41) is 9.63. The van der Waals surface area contributed by atoms with Crippen LogP contribution in [0.3, 0.4) is 0 Å². The van der Waals surface area contributed by atoms with Gasteiger partial charge < -0.3 is 0 Å². The number of rotatable bonds is 7. The van der Waals surface area contributed by atoms with Crippen molar-refractivity contribution in [2.75, 3.05) is 0 Å². The van der Waals surface area contributed by atoms with Crippen LogP contribution in [0, 0.1) is 46.3 Å². The average molecular weight is 443 g/mol. The van der Waals surface area contributed by atoms with Crippen LogP contribution in [0.4, 0.5) is 0 Å². The van der Waals surface area contributed by atoms with Gasteiger partial charge >= 0.3 is 0 Å². The zero-order chi connectivity index (χ0) is 23.3. The van der Waals surface area contributed by atoms with Crippen molar-refractivity contribution >= 4 is 5.78 Å². The maximum absolute atomic E-state index is 12.1. The van der Waals surface area contributed by atoms with Crippen LogP contribution in [0.2, 0.25) is 0 Å². The third-order valence-electron chi connectivity index (χ3n) is 11.2. The third kappa shape index (κ3) is 3.66. The minimum Gasteiger partial charge on any atom is -0.295 e. The van der Waals surface area contributed by atoms with E-state index in [-0.39, 0.29) is 11.3 Å². The Morgan fingerprint density at radius 1 is 1.16 bits per heavy atom. The average Bonchev–Trinajstić information content (AvgIpc) is 3.12. The quantitative estimate of drug-likeness (QED) is 0.250. The molecule has 0 aromatic carbocycles. The van der Waals surface area contributed by atoms with Crippen LogP contribution in [-0.2, 0) is 9.68 Å². The molecule has 0 saturated heterocycles. The second kappa shape index (κ2) is 8.69. The van der Waals surface area contributed by atoms with Crippen molar-refractivity contribution in [3.63, 3.8) is 0 Å². The zero-order valence-corrected chi connectivity index (χ0v) is 21.2. The number of allylic oxidation sites excluding steroid dienone is 1. The molecular weight excluding hydrogens is 396 g/mol. The molecule has 3 saturated carbocycles. The van der Waals surface area contributed by atoms with Crippen molar-refractivity contribution in [3.8, 4) is 0 Å². The van der Waals surface area contributed by atoms with Gasteiger partial charge in [-0.2, -0.15) is 0 Å². The molecule has 1 N–H and O–H groups in total. The second-order valence-electron chi connectivity index (χ2n) is 12.6. The van der Waals surface area contributed by atoms with E-state index >= 15 is 0 Å². The molecule has 0 aliphatic heterocycles. The van der Waals surface area contributed by atoms with E-state index < -0.39 is 5.60 Å². The molecule has 0 aromatic heterocycles. The molecule has 0 unspecified atom stereocenters. The van der Waals surface area contributed by atoms with E-state index in [4.69, 9.17) is 4.89 Å². The summed E-state index contributed by atoms with van der Waals surface area (Å²) in [6.45, 7) is 15.7. The molecular formula is C29H46O3. The Morgan fingerprint density at radius 2 is 1.91 bits per heavy atom. The summed E-state index contributed by atoms with van der Waals surface area (Å²) in [6, 6.07) is 0. The van der Waals surface area contributed by atoms with Gasteiger partial charge in [0, 0.05) is 6.42 Å². The Bertz CT molecular complexity index is 768. The molecule has 4 aliphatic rings. The molecule has 8 atom stereocenters. The number of hydrogen-bond donors (Lipinski definition) is 1. The van der Waals surface area contributed by atoms with Crippen molar-refractivity contribution in [1.82, 2.24) is 0 Å². The summed E-state index contributed by atoms with van der Waals surface area (Å²) >= 11 is 0. The van der Waals surface area contributed by atoms with Crippen LogP contribution in [0.25, 0.3) is 0 Å². The van der Waals surface area contributed by atoms with Crippen LogP contribution in [0.15, 0.2) is 24.3 Å². The largest absolute Gasteiger partial charge is 0.295 e. The van der Waals surface area contributed by atoms with E-state index in [2.05, 4.69) is 41.2 Å². The Morgan fingerprint density at radius 3 is 2.56 bits per heavy atom. The van der Waals surface area contributed by atoms with Gasteiger partial charge in [-0.3, -0.25) is 10.1 Å². The Balaban J connectivity index is 1.49. The summed E-state index contributed by atoms with van der Waals surface area (Å²) in [7, 11) is 0. The van der Waals surface area contributed by atoms with Crippen molar-refractivity contribution in [1.29, 1.82) is 0 Å². The molecule has 0 heterocycles. The minimum atomic E-state index is -0.635. The van der Waals surface area contributed by atoms with Gasteiger partial charge in [-0.1, -0.05) is 46.3 Å². The second-order valence-corrected chi connectivity index (χ2v) is 12.6. The molecule has 4 rings (SSSR count). The molecule has 180 valence electrons. The molecule has 0 radical (unpaired) electrons. The highest BCUT2D eigenvalue weighted by Gasteiger charge is 2.59. The first-order valence-electron chi connectivity index (χ1n) is 13.3. The molecule has 0 bridgehead atoms. The highest BCUT2D eigenvalue weighted by molar-refractivity contribution is 5.91. The standard InChI is InChI=1S/C29H46O3/c1-7-29(32-31,19(2)3)17-12-20(4)24-10-11-25-23-9-8-21-18-22(30)13-15-27(21,5)26(23)14-16-28(24,25)6/h7,18-20,23-26,31H,1,8-17H2,2-6H3/t20-,23+,24-,25+,26+,27+,28-,29+/m1/s1. The lowest BCUT2D eigenvalue weighted by atomic mass is 9.46. The fourth-order valence-corrected chi connectivity index (χ4v) is 9.00. The first-order valence-corrected chi connectivity index (χ1v) is 13.3. The molecule has 3 fully saturated rings. The summed E-state index contributed by atoms with van der Waals surface area (Å²) in [6.07, 6.45) is 15.3. The highest BCUT2D eigenvalue weighted by Crippen LogP contribution is 2.67. The molecule has 0 aromatic rings. The van der Waals surface area contributed by atoms with Crippen LogP contribution in [0.1, 0.15) is 98.8 Å². The summed E-state index contributed by atoms with van der Waals surface area (Å²) in [5.41, 5.74) is 1.53. The van der Waals surface area contributed by atoms with Gasteiger partial charge in [0.05, 0.1) is 0 Å². The van der Waals surface area contributed by atoms with Crippen molar-refractivity contribution < 1.29 is 14.9 Å². The van der Waals surface area contributed by atoms with Crippen LogP contribution >= 0.6 is 0 Å². The van der Waals surface area contributed by atoms with Crippen LogP contribution in [0.5, 0.6) is 0 Å². The molecule has 4 aliphatic carbocycles. The molecule has 32 heavy (non-hydrogen) atoms. The highest BCUT2D eigenvalue weighted by atomic mass is 17.1. The van der Waals surface area contributed by atoms with Gasteiger partial charge in [-0.15, -0.1) is 6.58 Å². The van der Waals surface area contributed by atoms with Crippen molar-refractivity contribution in [3.05, 3.63) is 24.3 Å². The third-order valence-corrected chi connectivity index (χ3v) is 11.2. The first kappa shape index (κ1) is 24.2. The predicted octanol–water partition coefficient (Wildman–Crippen LogP) is 7.62. The van der Waals surface area contributed by atoms with Gasteiger partial charge in [0.15, 0.2) is 5.78 Å². The van der Waals surface area contributed by atoms with E-state index in [9.17, 15) is 10.1 Å².